The molecular formula is C10H19N2+. The van der Waals surface area contributed by atoms with Gasteiger partial charge in [0.1, 0.15) is 0 Å². The van der Waals surface area contributed by atoms with Crippen LogP contribution >= 0.6 is 0 Å². The van der Waals surface area contributed by atoms with Crippen LogP contribution in [0.15, 0.2) is 12.4 Å². The summed E-state index contributed by atoms with van der Waals surface area (Å²) in [7, 11) is 0. The highest BCUT2D eigenvalue weighted by atomic mass is 15.3. The minimum absolute atomic E-state index is 0.247. The van der Waals surface area contributed by atoms with E-state index in [0.717, 1.165) is 0 Å². The number of hydrogen-bond donors (Lipinski definition) is 1. The Morgan fingerprint density at radius 2 is 1.92 bits per heavy atom. The molecular weight excluding hydrogens is 148 g/mol. The van der Waals surface area contributed by atoms with E-state index in [1.165, 1.54) is 5.56 Å². The van der Waals surface area contributed by atoms with Crippen LogP contribution in [0.3, 0.4) is 0 Å². The zero-order valence-corrected chi connectivity index (χ0v) is 8.68. The lowest BCUT2D eigenvalue weighted by Gasteiger charge is -2.12. The molecule has 1 N–H and O–H groups in total. The maximum Gasteiger partial charge on any atom is 0.199 e. The van der Waals surface area contributed by atoms with E-state index in [-0.39, 0.29) is 5.41 Å². The molecule has 0 saturated carbocycles. The van der Waals surface area contributed by atoms with Crippen LogP contribution in [0.5, 0.6) is 0 Å². The zero-order valence-electron chi connectivity index (χ0n) is 8.68. The maximum atomic E-state index is 3.23. The van der Waals surface area contributed by atoms with E-state index in [1.54, 1.807) is 0 Å². The average Bonchev–Trinajstić information content (AvgIpc) is 2.30. The molecule has 0 aliphatic rings. The molecule has 2 nitrogen and oxygen atoms in total. The quantitative estimate of drug-likeness (QED) is 0.619. The average molecular weight is 167 g/mol. The van der Waals surface area contributed by atoms with Crippen molar-refractivity contribution in [1.29, 1.82) is 0 Å². The second-order valence-corrected chi connectivity index (χ2v) is 4.61. The minimum atomic E-state index is 0.247. The molecule has 68 valence electrons. The van der Waals surface area contributed by atoms with Crippen LogP contribution in [0.25, 0.3) is 0 Å². The molecule has 0 unspecified atom stereocenters. The van der Waals surface area contributed by atoms with Crippen molar-refractivity contribution in [3.8, 4) is 0 Å². The molecule has 0 aliphatic carbocycles. The SMILES string of the molecule is CC(C)[n+]1cc(C(C)(C)C)c[nH]1. The molecule has 0 bridgehead atoms. The fourth-order valence-electron chi connectivity index (χ4n) is 1.08. The highest BCUT2D eigenvalue weighted by molar-refractivity contribution is 5.11. The van der Waals surface area contributed by atoms with Crippen LogP contribution in [0.4, 0.5) is 0 Å². The number of H-pyrrole nitrogens is 1. The Morgan fingerprint density at radius 1 is 1.33 bits per heavy atom. The highest BCUT2D eigenvalue weighted by Crippen LogP contribution is 2.19. The third kappa shape index (κ3) is 1.87. The summed E-state index contributed by atoms with van der Waals surface area (Å²) in [6, 6.07) is 0.515. The summed E-state index contributed by atoms with van der Waals surface area (Å²) < 4.78 is 2.13. The smallest absolute Gasteiger partial charge is 0.173 e. The molecule has 0 saturated heterocycles. The van der Waals surface area contributed by atoms with Crippen molar-refractivity contribution in [2.24, 2.45) is 0 Å². The summed E-state index contributed by atoms with van der Waals surface area (Å²) >= 11 is 0. The van der Waals surface area contributed by atoms with Crippen molar-refractivity contribution in [3.05, 3.63) is 18.0 Å². The first-order valence-electron chi connectivity index (χ1n) is 4.51. The molecule has 0 aromatic carbocycles. The van der Waals surface area contributed by atoms with Gasteiger partial charge in [-0.2, -0.15) is 5.10 Å². The first kappa shape index (κ1) is 9.30. The van der Waals surface area contributed by atoms with Gasteiger partial charge in [0, 0.05) is 5.56 Å². The number of aromatic nitrogens is 2. The largest absolute Gasteiger partial charge is 0.199 e. The van der Waals surface area contributed by atoms with Crippen LogP contribution in [0.2, 0.25) is 0 Å². The molecule has 12 heavy (non-hydrogen) atoms. The van der Waals surface area contributed by atoms with E-state index >= 15 is 0 Å². The lowest BCUT2D eigenvalue weighted by atomic mass is 9.90. The van der Waals surface area contributed by atoms with Gasteiger partial charge in [0.05, 0.1) is 6.20 Å². The van der Waals surface area contributed by atoms with Crippen molar-refractivity contribution in [2.75, 3.05) is 0 Å². The van der Waals surface area contributed by atoms with Gasteiger partial charge in [-0.15, -0.1) is 4.68 Å². The van der Waals surface area contributed by atoms with E-state index in [0.29, 0.717) is 6.04 Å². The Bertz CT molecular complexity index is 253. The second kappa shape index (κ2) is 2.92. The van der Waals surface area contributed by atoms with Gasteiger partial charge in [-0.25, -0.2) is 0 Å². The Kier molecular flexibility index (Phi) is 2.27. The predicted molar refractivity (Wildman–Crippen MR) is 50.1 cm³/mol. The van der Waals surface area contributed by atoms with E-state index in [1.807, 2.05) is 0 Å². The molecule has 1 heterocycles. The molecule has 0 aliphatic heterocycles. The fourth-order valence-corrected chi connectivity index (χ4v) is 1.08. The van der Waals surface area contributed by atoms with Gasteiger partial charge in [-0.1, -0.05) is 20.8 Å². The molecule has 0 radical (unpaired) electrons. The van der Waals surface area contributed by atoms with Crippen molar-refractivity contribution < 1.29 is 4.68 Å². The summed E-state index contributed by atoms with van der Waals surface area (Å²) in [6.07, 6.45) is 4.27. The third-order valence-corrected chi connectivity index (χ3v) is 2.07. The van der Waals surface area contributed by atoms with E-state index in [2.05, 4.69) is 56.8 Å². The van der Waals surface area contributed by atoms with E-state index < -0.39 is 0 Å². The number of aromatic amines is 1. The number of rotatable bonds is 1. The minimum Gasteiger partial charge on any atom is -0.173 e. The van der Waals surface area contributed by atoms with Gasteiger partial charge in [0.2, 0.25) is 0 Å². The normalized spacial score (nSPS) is 12.5. The zero-order chi connectivity index (χ0) is 9.35. The van der Waals surface area contributed by atoms with Crippen molar-refractivity contribution in [2.45, 2.75) is 46.1 Å². The van der Waals surface area contributed by atoms with Gasteiger partial charge in [-0.3, -0.25) is 0 Å². The second-order valence-electron chi connectivity index (χ2n) is 4.61. The summed E-state index contributed by atoms with van der Waals surface area (Å²) in [5, 5.41) is 3.23. The van der Waals surface area contributed by atoms with E-state index in [9.17, 15) is 0 Å². The molecule has 0 fully saturated rings. The molecule has 1 rings (SSSR count). The highest BCUT2D eigenvalue weighted by Gasteiger charge is 2.20. The van der Waals surface area contributed by atoms with Crippen molar-refractivity contribution in [3.63, 3.8) is 0 Å². The Labute approximate surface area is 74.6 Å². The molecule has 2 heteroatoms. The van der Waals surface area contributed by atoms with Crippen LogP contribution in [0, 0.1) is 0 Å². The predicted octanol–water partition coefficient (Wildman–Crippen LogP) is 2.18. The Hall–Kier alpha value is -0.790. The van der Waals surface area contributed by atoms with Crippen LogP contribution in [-0.4, -0.2) is 5.10 Å². The third-order valence-electron chi connectivity index (χ3n) is 2.07. The lowest BCUT2D eigenvalue weighted by molar-refractivity contribution is -0.767. The van der Waals surface area contributed by atoms with Gasteiger partial charge in [0.15, 0.2) is 12.2 Å². The molecule has 0 spiro atoms. The Balaban J connectivity index is 2.92. The van der Waals surface area contributed by atoms with Gasteiger partial charge < -0.3 is 0 Å². The topological polar surface area (TPSA) is 19.7 Å². The first-order chi connectivity index (χ1) is 5.41. The standard InChI is InChI=1S/C10H18N2/c1-8(2)12-7-9(6-11-12)10(3,4)5/h6-8H,1-5H3/p+1. The van der Waals surface area contributed by atoms with Crippen LogP contribution in [-0.2, 0) is 5.41 Å². The van der Waals surface area contributed by atoms with E-state index in [4.69, 9.17) is 0 Å². The van der Waals surface area contributed by atoms with Gasteiger partial charge in [-0.05, 0) is 19.3 Å². The number of nitrogens with zero attached hydrogens (tertiary/aromatic N) is 1. The Morgan fingerprint density at radius 3 is 2.17 bits per heavy atom. The summed E-state index contributed by atoms with van der Waals surface area (Å²) in [4.78, 5) is 0. The van der Waals surface area contributed by atoms with Gasteiger partial charge >= 0.3 is 0 Å². The lowest BCUT2D eigenvalue weighted by Crippen LogP contribution is -2.37. The van der Waals surface area contributed by atoms with Crippen molar-refractivity contribution in [1.82, 2.24) is 5.10 Å². The molecule has 0 atom stereocenters. The summed E-state index contributed by atoms with van der Waals surface area (Å²) in [5.74, 6) is 0. The number of nitrogens with one attached hydrogen (secondary N) is 1. The summed E-state index contributed by atoms with van der Waals surface area (Å²) in [5.41, 5.74) is 1.60. The molecule has 1 aromatic heterocycles. The monoisotopic (exact) mass is 167 g/mol. The van der Waals surface area contributed by atoms with Gasteiger partial charge in [0.25, 0.3) is 0 Å². The fraction of sp³-hybridized carbons (Fsp3) is 0.700. The maximum absolute atomic E-state index is 3.23. The molecule has 1 aromatic rings. The van der Waals surface area contributed by atoms with Crippen LogP contribution in [0.1, 0.15) is 46.2 Å². The van der Waals surface area contributed by atoms with Crippen molar-refractivity contribution >= 4 is 0 Å². The molecule has 0 amide bonds. The number of hydrogen-bond acceptors (Lipinski definition) is 0. The van der Waals surface area contributed by atoms with Crippen LogP contribution < -0.4 is 4.68 Å². The summed E-state index contributed by atoms with van der Waals surface area (Å²) in [6.45, 7) is 11.0. The first-order valence-corrected chi connectivity index (χ1v) is 4.51.